The standard InChI is InChI=1S/C28H27N3O3/c1-17-5-8-21(9-6-17)16-31-27(33)25(22-10-7-18(2)19(3)15-22)26(28(31)34)30-24-13-11-23(12-14-24)29-20(4)32/h5-15,30H,16H2,1-4H3,(H,29,32). The Kier molecular flexibility index (Phi) is 6.32. The molecule has 3 aromatic carbocycles. The van der Waals surface area contributed by atoms with Gasteiger partial charge in [-0.2, -0.15) is 0 Å². The molecule has 0 atom stereocenters. The van der Waals surface area contributed by atoms with Crippen molar-refractivity contribution in [3.8, 4) is 0 Å². The lowest BCUT2D eigenvalue weighted by atomic mass is 9.99. The highest BCUT2D eigenvalue weighted by molar-refractivity contribution is 6.36. The van der Waals surface area contributed by atoms with Gasteiger partial charge in [0.25, 0.3) is 11.8 Å². The van der Waals surface area contributed by atoms with Gasteiger partial charge in [0, 0.05) is 18.3 Å². The van der Waals surface area contributed by atoms with Gasteiger partial charge in [-0.15, -0.1) is 0 Å². The van der Waals surface area contributed by atoms with Crippen LogP contribution in [0.3, 0.4) is 0 Å². The van der Waals surface area contributed by atoms with Gasteiger partial charge in [-0.05, 0) is 67.3 Å². The molecule has 0 radical (unpaired) electrons. The fraction of sp³-hybridized carbons (Fsp3) is 0.179. The van der Waals surface area contributed by atoms with Gasteiger partial charge < -0.3 is 10.6 Å². The maximum Gasteiger partial charge on any atom is 0.278 e. The minimum Gasteiger partial charge on any atom is -0.350 e. The summed E-state index contributed by atoms with van der Waals surface area (Å²) < 4.78 is 0. The highest BCUT2D eigenvalue weighted by atomic mass is 16.2. The van der Waals surface area contributed by atoms with Gasteiger partial charge in [0.05, 0.1) is 12.1 Å². The molecular formula is C28H27N3O3. The lowest BCUT2D eigenvalue weighted by Crippen LogP contribution is -2.32. The van der Waals surface area contributed by atoms with E-state index in [1.165, 1.54) is 11.8 Å². The van der Waals surface area contributed by atoms with Crippen molar-refractivity contribution in [3.63, 3.8) is 0 Å². The van der Waals surface area contributed by atoms with Gasteiger partial charge >= 0.3 is 0 Å². The number of benzene rings is 3. The van der Waals surface area contributed by atoms with E-state index in [4.69, 9.17) is 0 Å². The second-order valence-corrected chi connectivity index (χ2v) is 8.61. The van der Waals surface area contributed by atoms with Crippen molar-refractivity contribution in [1.82, 2.24) is 4.90 Å². The Morgan fingerprint density at radius 3 is 2.06 bits per heavy atom. The van der Waals surface area contributed by atoms with E-state index in [2.05, 4.69) is 10.6 Å². The number of rotatable bonds is 6. The van der Waals surface area contributed by atoms with Crippen LogP contribution in [0.4, 0.5) is 11.4 Å². The molecule has 1 aliphatic heterocycles. The van der Waals surface area contributed by atoms with Crippen LogP contribution < -0.4 is 10.6 Å². The van der Waals surface area contributed by atoms with E-state index in [1.54, 1.807) is 24.3 Å². The summed E-state index contributed by atoms with van der Waals surface area (Å²) in [6.07, 6.45) is 0. The normalized spacial score (nSPS) is 13.5. The van der Waals surface area contributed by atoms with E-state index in [0.29, 0.717) is 22.5 Å². The first-order chi connectivity index (χ1) is 16.2. The van der Waals surface area contributed by atoms with Gasteiger partial charge in [0.1, 0.15) is 5.70 Å². The molecule has 34 heavy (non-hydrogen) atoms. The maximum atomic E-state index is 13.5. The van der Waals surface area contributed by atoms with Crippen LogP contribution in [0.15, 0.2) is 72.4 Å². The zero-order chi connectivity index (χ0) is 24.4. The molecule has 6 nitrogen and oxygen atoms in total. The van der Waals surface area contributed by atoms with Crippen molar-refractivity contribution in [2.24, 2.45) is 0 Å². The minimum atomic E-state index is -0.371. The molecule has 2 N–H and O–H groups in total. The Morgan fingerprint density at radius 1 is 0.794 bits per heavy atom. The largest absolute Gasteiger partial charge is 0.350 e. The first kappa shape index (κ1) is 23.0. The topological polar surface area (TPSA) is 78.5 Å². The predicted molar refractivity (Wildman–Crippen MR) is 134 cm³/mol. The molecule has 0 aromatic heterocycles. The molecule has 0 unspecified atom stereocenters. The van der Waals surface area contributed by atoms with Crippen LogP contribution in [0.5, 0.6) is 0 Å². The van der Waals surface area contributed by atoms with E-state index >= 15 is 0 Å². The number of carbonyl (C=O) groups excluding carboxylic acids is 3. The number of imide groups is 1. The number of carbonyl (C=O) groups is 3. The summed E-state index contributed by atoms with van der Waals surface area (Å²) in [7, 11) is 0. The van der Waals surface area contributed by atoms with E-state index in [-0.39, 0.29) is 30.0 Å². The zero-order valence-corrected chi connectivity index (χ0v) is 19.7. The number of hydrogen-bond acceptors (Lipinski definition) is 4. The zero-order valence-electron chi connectivity index (χ0n) is 19.7. The van der Waals surface area contributed by atoms with Crippen LogP contribution >= 0.6 is 0 Å². The molecule has 0 saturated carbocycles. The van der Waals surface area contributed by atoms with Gasteiger partial charge in [-0.1, -0.05) is 48.0 Å². The van der Waals surface area contributed by atoms with E-state index in [1.807, 2.05) is 63.2 Å². The SMILES string of the molecule is CC(=O)Nc1ccc(NC2=C(c3ccc(C)c(C)c3)C(=O)N(Cc3ccc(C)cc3)C2=O)cc1. The van der Waals surface area contributed by atoms with E-state index < -0.39 is 0 Å². The number of nitrogens with one attached hydrogen (secondary N) is 2. The minimum absolute atomic E-state index is 0.163. The number of amides is 3. The van der Waals surface area contributed by atoms with Gasteiger partial charge in [0.15, 0.2) is 0 Å². The van der Waals surface area contributed by atoms with Crippen LogP contribution in [-0.4, -0.2) is 22.6 Å². The first-order valence-electron chi connectivity index (χ1n) is 11.1. The Hall–Kier alpha value is -4.19. The summed E-state index contributed by atoms with van der Waals surface area (Å²) in [6.45, 7) is 7.62. The summed E-state index contributed by atoms with van der Waals surface area (Å²) in [5, 5.41) is 5.88. The Bertz CT molecular complexity index is 1310. The molecule has 1 heterocycles. The summed E-state index contributed by atoms with van der Waals surface area (Å²) in [5.74, 6) is -0.861. The fourth-order valence-electron chi connectivity index (χ4n) is 3.86. The molecule has 0 spiro atoms. The first-order valence-corrected chi connectivity index (χ1v) is 11.1. The summed E-state index contributed by atoms with van der Waals surface area (Å²) in [4.78, 5) is 39.6. The van der Waals surface area contributed by atoms with Crippen molar-refractivity contribution in [2.75, 3.05) is 10.6 Å². The van der Waals surface area contributed by atoms with Crippen molar-refractivity contribution < 1.29 is 14.4 Å². The van der Waals surface area contributed by atoms with E-state index in [0.717, 1.165) is 22.3 Å². The third kappa shape index (κ3) is 4.76. The highest BCUT2D eigenvalue weighted by Gasteiger charge is 2.39. The number of aryl methyl sites for hydroxylation is 3. The molecule has 172 valence electrons. The average Bonchev–Trinajstić information content (AvgIpc) is 3.02. The summed E-state index contributed by atoms with van der Waals surface area (Å²) in [5.41, 5.74) is 6.74. The lowest BCUT2D eigenvalue weighted by molar-refractivity contribution is -0.137. The molecule has 0 bridgehead atoms. The van der Waals surface area contributed by atoms with E-state index in [9.17, 15) is 14.4 Å². The van der Waals surface area contributed by atoms with Gasteiger partial charge in [-0.25, -0.2) is 0 Å². The van der Waals surface area contributed by atoms with Crippen LogP contribution in [-0.2, 0) is 20.9 Å². The smallest absolute Gasteiger partial charge is 0.278 e. The maximum absolute atomic E-state index is 13.5. The van der Waals surface area contributed by atoms with Crippen molar-refractivity contribution >= 4 is 34.7 Å². The number of anilines is 2. The predicted octanol–water partition coefficient (Wildman–Crippen LogP) is 4.96. The Labute approximate surface area is 199 Å². The van der Waals surface area contributed by atoms with Crippen LogP contribution in [0.25, 0.3) is 5.57 Å². The summed E-state index contributed by atoms with van der Waals surface area (Å²) in [6, 6.07) is 20.6. The van der Waals surface area contributed by atoms with Crippen LogP contribution in [0.2, 0.25) is 0 Å². The van der Waals surface area contributed by atoms with Gasteiger partial charge in [0.2, 0.25) is 5.91 Å². The highest BCUT2D eigenvalue weighted by Crippen LogP contribution is 2.32. The van der Waals surface area contributed by atoms with Crippen molar-refractivity contribution in [3.05, 3.63) is 100 Å². The quantitative estimate of drug-likeness (QED) is 0.517. The Morgan fingerprint density at radius 2 is 1.44 bits per heavy atom. The molecule has 0 saturated heterocycles. The van der Waals surface area contributed by atoms with Crippen molar-refractivity contribution in [1.29, 1.82) is 0 Å². The number of nitrogens with zero attached hydrogens (tertiary/aromatic N) is 1. The van der Waals surface area contributed by atoms with Crippen LogP contribution in [0.1, 0.15) is 34.7 Å². The third-order valence-electron chi connectivity index (χ3n) is 5.90. The monoisotopic (exact) mass is 453 g/mol. The molecule has 1 aliphatic rings. The summed E-state index contributed by atoms with van der Waals surface area (Å²) >= 11 is 0. The van der Waals surface area contributed by atoms with Crippen LogP contribution in [0, 0.1) is 20.8 Å². The fourth-order valence-corrected chi connectivity index (χ4v) is 3.86. The molecular weight excluding hydrogens is 426 g/mol. The second-order valence-electron chi connectivity index (χ2n) is 8.61. The molecule has 0 aliphatic carbocycles. The molecule has 3 aromatic rings. The molecule has 6 heteroatoms. The Balaban J connectivity index is 1.71. The number of hydrogen-bond donors (Lipinski definition) is 2. The van der Waals surface area contributed by atoms with Crippen molar-refractivity contribution in [2.45, 2.75) is 34.2 Å². The molecule has 4 rings (SSSR count). The second kappa shape index (κ2) is 9.35. The lowest BCUT2D eigenvalue weighted by Gasteiger charge is -2.16. The molecule has 3 amide bonds. The van der Waals surface area contributed by atoms with Gasteiger partial charge in [-0.3, -0.25) is 19.3 Å². The molecule has 0 fully saturated rings. The average molecular weight is 454 g/mol. The third-order valence-corrected chi connectivity index (χ3v) is 5.90.